The highest BCUT2D eigenvalue weighted by atomic mass is 32.2. The molecule has 0 bridgehead atoms. The lowest BCUT2D eigenvalue weighted by molar-refractivity contribution is 0.369. The summed E-state index contributed by atoms with van der Waals surface area (Å²) in [5.41, 5.74) is 0. The minimum Gasteiger partial charge on any atom is -0.494 e. The molecular formula is C10H17NO2S. The largest absolute Gasteiger partial charge is 0.494 e. The molecule has 0 atom stereocenters. The van der Waals surface area contributed by atoms with E-state index in [4.69, 9.17) is 0 Å². The second-order valence-corrected chi connectivity index (χ2v) is 6.02. The van der Waals surface area contributed by atoms with Crippen molar-refractivity contribution in [2.45, 2.75) is 43.9 Å². The molecule has 14 heavy (non-hydrogen) atoms. The molecule has 0 saturated heterocycles. The standard InChI is InChI=1S/C10H17NO2S/c1-5-11-8(12)6-7(9(11)13)14-10(2,3)4/h6,12-13H,5H2,1-4H3. The Morgan fingerprint density at radius 1 is 1.36 bits per heavy atom. The van der Waals surface area contributed by atoms with E-state index in [0.29, 0.717) is 6.54 Å². The molecule has 0 aromatic carbocycles. The SMILES string of the molecule is CCn1c(O)cc(SC(C)(C)C)c1O. The minimum absolute atomic E-state index is 0.0316. The summed E-state index contributed by atoms with van der Waals surface area (Å²) in [4.78, 5) is 0.733. The first-order valence-electron chi connectivity index (χ1n) is 4.65. The van der Waals surface area contributed by atoms with E-state index in [-0.39, 0.29) is 16.5 Å². The number of aromatic hydroxyl groups is 2. The fourth-order valence-corrected chi connectivity index (χ4v) is 2.24. The fraction of sp³-hybridized carbons (Fsp3) is 0.600. The first-order chi connectivity index (χ1) is 6.35. The van der Waals surface area contributed by atoms with Gasteiger partial charge in [0.25, 0.3) is 0 Å². The van der Waals surface area contributed by atoms with Gasteiger partial charge in [-0.25, -0.2) is 0 Å². The Labute approximate surface area is 88.8 Å². The van der Waals surface area contributed by atoms with Crippen LogP contribution in [0.1, 0.15) is 27.7 Å². The highest BCUT2D eigenvalue weighted by Gasteiger charge is 2.19. The van der Waals surface area contributed by atoms with Gasteiger partial charge >= 0.3 is 0 Å². The van der Waals surface area contributed by atoms with E-state index in [2.05, 4.69) is 20.8 Å². The van der Waals surface area contributed by atoms with Gasteiger partial charge in [0.1, 0.15) is 0 Å². The zero-order valence-electron chi connectivity index (χ0n) is 9.03. The molecule has 0 radical (unpaired) electrons. The zero-order chi connectivity index (χ0) is 10.9. The summed E-state index contributed by atoms with van der Waals surface area (Å²) in [6.07, 6.45) is 0. The van der Waals surface area contributed by atoms with Crippen LogP contribution in [0, 0.1) is 0 Å². The Kier molecular flexibility index (Phi) is 3.04. The van der Waals surface area contributed by atoms with Crippen LogP contribution in [0.3, 0.4) is 0 Å². The van der Waals surface area contributed by atoms with Crippen LogP contribution >= 0.6 is 11.8 Å². The summed E-state index contributed by atoms with van der Waals surface area (Å²) < 4.78 is 1.51. The molecule has 80 valence electrons. The Hall–Kier alpha value is -0.770. The molecule has 1 aromatic rings. The summed E-state index contributed by atoms with van der Waals surface area (Å²) in [6.45, 7) is 8.65. The van der Waals surface area contributed by atoms with Crippen molar-refractivity contribution in [1.82, 2.24) is 4.57 Å². The van der Waals surface area contributed by atoms with Gasteiger partial charge in [-0.3, -0.25) is 4.57 Å². The number of hydrogen-bond donors (Lipinski definition) is 2. The molecule has 0 aliphatic rings. The maximum Gasteiger partial charge on any atom is 0.208 e. The lowest BCUT2D eigenvalue weighted by Crippen LogP contribution is -2.06. The molecule has 0 saturated carbocycles. The molecule has 3 nitrogen and oxygen atoms in total. The van der Waals surface area contributed by atoms with Gasteiger partial charge in [0.05, 0.1) is 4.90 Å². The van der Waals surface area contributed by atoms with Gasteiger partial charge < -0.3 is 10.2 Å². The summed E-state index contributed by atoms with van der Waals surface area (Å²) in [7, 11) is 0. The molecule has 0 amide bonds. The molecule has 0 fully saturated rings. The molecule has 0 aliphatic carbocycles. The van der Waals surface area contributed by atoms with Crippen molar-refractivity contribution in [3.05, 3.63) is 6.07 Å². The molecule has 0 spiro atoms. The van der Waals surface area contributed by atoms with Gasteiger partial charge in [-0.15, -0.1) is 11.8 Å². The van der Waals surface area contributed by atoms with Crippen molar-refractivity contribution >= 4 is 11.8 Å². The maximum atomic E-state index is 9.76. The zero-order valence-corrected chi connectivity index (χ0v) is 9.85. The van der Waals surface area contributed by atoms with Gasteiger partial charge in [0, 0.05) is 17.4 Å². The van der Waals surface area contributed by atoms with E-state index in [1.54, 1.807) is 17.8 Å². The first-order valence-corrected chi connectivity index (χ1v) is 5.47. The Bertz CT molecular complexity index is 326. The average Bonchev–Trinajstić information content (AvgIpc) is 2.24. The van der Waals surface area contributed by atoms with E-state index >= 15 is 0 Å². The van der Waals surface area contributed by atoms with Gasteiger partial charge in [-0.1, -0.05) is 20.8 Å². The summed E-state index contributed by atoms with van der Waals surface area (Å²) in [5.74, 6) is 0.279. The Morgan fingerprint density at radius 3 is 2.29 bits per heavy atom. The second kappa shape index (κ2) is 3.77. The quantitative estimate of drug-likeness (QED) is 0.746. The van der Waals surface area contributed by atoms with E-state index in [9.17, 15) is 10.2 Å². The van der Waals surface area contributed by atoms with Crippen molar-refractivity contribution in [2.75, 3.05) is 0 Å². The highest BCUT2D eigenvalue weighted by Crippen LogP contribution is 2.41. The van der Waals surface area contributed by atoms with Crippen molar-refractivity contribution in [1.29, 1.82) is 0 Å². The molecule has 1 aromatic heterocycles. The first kappa shape index (κ1) is 11.3. The predicted octanol–water partition coefficient (Wildman–Crippen LogP) is 2.81. The van der Waals surface area contributed by atoms with Crippen LogP contribution in [-0.2, 0) is 6.54 Å². The van der Waals surface area contributed by atoms with Crippen LogP contribution in [0.15, 0.2) is 11.0 Å². The van der Waals surface area contributed by atoms with E-state index in [1.807, 2.05) is 6.92 Å². The predicted molar refractivity (Wildman–Crippen MR) is 59.0 cm³/mol. The minimum atomic E-state index is 0.0316. The lowest BCUT2D eigenvalue weighted by atomic mass is 10.3. The van der Waals surface area contributed by atoms with Crippen LogP contribution < -0.4 is 0 Å². The van der Waals surface area contributed by atoms with Crippen LogP contribution in [0.5, 0.6) is 11.8 Å². The highest BCUT2D eigenvalue weighted by molar-refractivity contribution is 8.00. The molecule has 0 unspecified atom stereocenters. The van der Waals surface area contributed by atoms with E-state index in [1.165, 1.54) is 4.57 Å². The molecule has 2 N–H and O–H groups in total. The molecule has 1 rings (SSSR count). The van der Waals surface area contributed by atoms with Crippen molar-refractivity contribution in [3.63, 3.8) is 0 Å². The maximum absolute atomic E-state index is 9.76. The van der Waals surface area contributed by atoms with Crippen molar-refractivity contribution in [3.8, 4) is 11.8 Å². The number of aromatic nitrogens is 1. The monoisotopic (exact) mass is 215 g/mol. The van der Waals surface area contributed by atoms with Crippen molar-refractivity contribution < 1.29 is 10.2 Å². The van der Waals surface area contributed by atoms with Gasteiger partial charge in [-0.2, -0.15) is 0 Å². The lowest BCUT2D eigenvalue weighted by Gasteiger charge is -2.16. The average molecular weight is 215 g/mol. The fourth-order valence-electron chi connectivity index (χ4n) is 1.22. The van der Waals surface area contributed by atoms with Gasteiger partial charge in [0.15, 0.2) is 5.88 Å². The van der Waals surface area contributed by atoms with Gasteiger partial charge in [0.2, 0.25) is 5.88 Å². The number of nitrogens with zero attached hydrogens (tertiary/aromatic N) is 1. The van der Waals surface area contributed by atoms with E-state index < -0.39 is 0 Å². The molecule has 1 heterocycles. The molecule has 0 aliphatic heterocycles. The topological polar surface area (TPSA) is 45.4 Å². The smallest absolute Gasteiger partial charge is 0.208 e. The van der Waals surface area contributed by atoms with Crippen molar-refractivity contribution in [2.24, 2.45) is 0 Å². The van der Waals surface area contributed by atoms with E-state index in [0.717, 1.165) is 4.90 Å². The summed E-state index contributed by atoms with van der Waals surface area (Å²) in [5, 5.41) is 19.3. The third kappa shape index (κ3) is 2.38. The molecule has 4 heteroatoms. The van der Waals surface area contributed by atoms with Gasteiger partial charge in [-0.05, 0) is 6.92 Å². The van der Waals surface area contributed by atoms with Crippen LogP contribution in [0.4, 0.5) is 0 Å². The number of rotatable bonds is 2. The molecular weight excluding hydrogens is 198 g/mol. The third-order valence-corrected chi connectivity index (χ3v) is 2.88. The second-order valence-electron chi connectivity index (χ2n) is 4.15. The summed E-state index contributed by atoms with van der Waals surface area (Å²) >= 11 is 1.55. The van der Waals surface area contributed by atoms with Crippen LogP contribution in [0.2, 0.25) is 0 Å². The summed E-state index contributed by atoms with van der Waals surface area (Å²) in [6, 6.07) is 1.61. The normalized spacial score (nSPS) is 12.0. The number of thioether (sulfide) groups is 1. The van der Waals surface area contributed by atoms with Crippen LogP contribution in [-0.4, -0.2) is 19.5 Å². The number of hydrogen-bond acceptors (Lipinski definition) is 3. The van der Waals surface area contributed by atoms with Crippen LogP contribution in [0.25, 0.3) is 0 Å². The Balaban J connectivity index is 3.00. The third-order valence-electron chi connectivity index (χ3n) is 1.75. The Morgan fingerprint density at radius 2 is 1.93 bits per heavy atom.